The number of rotatable bonds is 6. The summed E-state index contributed by atoms with van der Waals surface area (Å²) in [7, 11) is 1.58. The van der Waals surface area contributed by atoms with Crippen molar-refractivity contribution in [1.82, 2.24) is 5.32 Å². The number of hydrogen-bond donors (Lipinski definition) is 2. The van der Waals surface area contributed by atoms with Crippen molar-refractivity contribution in [2.45, 2.75) is 25.9 Å². The third-order valence-electron chi connectivity index (χ3n) is 2.66. The molecule has 4 nitrogen and oxygen atoms in total. The van der Waals surface area contributed by atoms with Crippen LogP contribution in [0.25, 0.3) is 0 Å². The number of carbonyl (C=O) groups excluding carboxylic acids is 1. The Morgan fingerprint density at radius 3 is 2.83 bits per heavy atom. The Morgan fingerprint density at radius 1 is 1.56 bits per heavy atom. The fourth-order valence-corrected chi connectivity index (χ4v) is 2.00. The fraction of sp³-hybridized carbons (Fsp3) is 0.462. The number of carbonyl (C=O) groups is 1. The molecule has 1 amide bonds. The van der Waals surface area contributed by atoms with Gasteiger partial charge in [0.1, 0.15) is 5.75 Å². The molecule has 1 aromatic carbocycles. The monoisotopic (exact) mass is 315 g/mol. The molecule has 0 saturated heterocycles. The molecule has 0 spiro atoms. The van der Waals surface area contributed by atoms with Crippen LogP contribution in [0.3, 0.4) is 0 Å². The van der Waals surface area contributed by atoms with Crippen molar-refractivity contribution in [3.63, 3.8) is 0 Å². The zero-order valence-corrected chi connectivity index (χ0v) is 12.2. The summed E-state index contributed by atoms with van der Waals surface area (Å²) < 4.78 is 5.75. The Morgan fingerprint density at radius 2 is 2.28 bits per heavy atom. The third-order valence-corrected chi connectivity index (χ3v) is 3.31. The zero-order valence-electron chi connectivity index (χ0n) is 10.6. The molecule has 1 aromatic rings. The summed E-state index contributed by atoms with van der Waals surface area (Å²) in [5, 5.41) is 12.2. The molecule has 1 atom stereocenters. The molecule has 0 radical (unpaired) electrons. The molecule has 0 aromatic heterocycles. The second-order valence-corrected chi connectivity index (χ2v) is 4.81. The van der Waals surface area contributed by atoms with Gasteiger partial charge in [-0.3, -0.25) is 4.79 Å². The molecule has 1 rings (SSSR count). The van der Waals surface area contributed by atoms with Gasteiger partial charge in [-0.1, -0.05) is 6.92 Å². The average molecular weight is 316 g/mol. The maximum Gasteiger partial charge on any atom is 0.252 e. The lowest BCUT2D eigenvalue weighted by Gasteiger charge is -2.10. The van der Waals surface area contributed by atoms with Crippen molar-refractivity contribution in [2.75, 3.05) is 13.7 Å². The summed E-state index contributed by atoms with van der Waals surface area (Å²) in [5.41, 5.74) is 0.557. The van der Waals surface area contributed by atoms with E-state index in [1.165, 1.54) is 0 Å². The molecule has 5 heteroatoms. The summed E-state index contributed by atoms with van der Waals surface area (Å²) in [4.78, 5) is 11.9. The van der Waals surface area contributed by atoms with Gasteiger partial charge in [0, 0.05) is 11.0 Å². The van der Waals surface area contributed by atoms with Crippen molar-refractivity contribution in [3.05, 3.63) is 28.2 Å². The molecule has 0 aliphatic heterocycles. The number of nitrogens with one attached hydrogen (secondary N) is 1. The second-order valence-electron chi connectivity index (χ2n) is 3.95. The van der Waals surface area contributed by atoms with E-state index >= 15 is 0 Å². The van der Waals surface area contributed by atoms with Crippen molar-refractivity contribution in [2.24, 2.45) is 0 Å². The van der Waals surface area contributed by atoms with Crippen molar-refractivity contribution < 1.29 is 14.6 Å². The molecular weight excluding hydrogens is 298 g/mol. The van der Waals surface area contributed by atoms with E-state index in [4.69, 9.17) is 4.74 Å². The number of hydrogen-bond acceptors (Lipinski definition) is 3. The van der Waals surface area contributed by atoms with Crippen molar-refractivity contribution in [3.8, 4) is 5.75 Å². The molecule has 0 saturated carbocycles. The lowest BCUT2D eigenvalue weighted by molar-refractivity contribution is 0.0941. The van der Waals surface area contributed by atoms with Crippen LogP contribution in [-0.2, 0) is 0 Å². The standard InChI is InChI=1S/C13H18BrNO3/c1-3-9(16)6-7-15-13(17)11-5-4-10(18-2)8-12(11)14/h4-5,8-9,16H,3,6-7H2,1-2H3,(H,15,17). The van der Waals surface area contributed by atoms with Gasteiger partial charge in [-0.15, -0.1) is 0 Å². The van der Waals surface area contributed by atoms with Gasteiger partial charge >= 0.3 is 0 Å². The normalized spacial score (nSPS) is 12.0. The molecule has 0 aliphatic carbocycles. The molecule has 100 valence electrons. The minimum atomic E-state index is -0.357. The molecule has 1 unspecified atom stereocenters. The Hall–Kier alpha value is -1.07. The van der Waals surface area contributed by atoms with Crippen LogP contribution in [0.4, 0.5) is 0 Å². The van der Waals surface area contributed by atoms with Gasteiger partial charge in [0.2, 0.25) is 0 Å². The number of aliphatic hydroxyl groups is 1. The van der Waals surface area contributed by atoms with Crippen molar-refractivity contribution in [1.29, 1.82) is 0 Å². The van der Waals surface area contributed by atoms with Gasteiger partial charge in [0.05, 0.1) is 18.8 Å². The first-order valence-electron chi connectivity index (χ1n) is 5.88. The van der Waals surface area contributed by atoms with Crippen LogP contribution >= 0.6 is 15.9 Å². The molecule has 18 heavy (non-hydrogen) atoms. The summed E-state index contributed by atoms with van der Waals surface area (Å²) in [5.74, 6) is 0.535. The Balaban J connectivity index is 2.56. The highest BCUT2D eigenvalue weighted by Crippen LogP contribution is 2.22. The van der Waals surface area contributed by atoms with Gasteiger partial charge in [0.15, 0.2) is 0 Å². The number of benzene rings is 1. The first-order chi connectivity index (χ1) is 8.58. The Labute approximate surface area is 115 Å². The van der Waals surface area contributed by atoms with Gasteiger partial charge in [-0.05, 0) is 47.0 Å². The van der Waals surface area contributed by atoms with E-state index in [1.807, 2.05) is 6.92 Å². The lowest BCUT2D eigenvalue weighted by atomic mass is 10.2. The highest BCUT2D eigenvalue weighted by atomic mass is 79.9. The van der Waals surface area contributed by atoms with Crippen LogP contribution in [0, 0.1) is 0 Å². The van der Waals surface area contributed by atoms with Gasteiger partial charge in [-0.2, -0.15) is 0 Å². The van der Waals surface area contributed by atoms with E-state index in [0.29, 0.717) is 35.2 Å². The molecular formula is C13H18BrNO3. The highest BCUT2D eigenvalue weighted by molar-refractivity contribution is 9.10. The van der Waals surface area contributed by atoms with E-state index in [9.17, 15) is 9.90 Å². The molecule has 0 heterocycles. The van der Waals surface area contributed by atoms with E-state index in [2.05, 4.69) is 21.2 Å². The predicted molar refractivity (Wildman–Crippen MR) is 73.9 cm³/mol. The van der Waals surface area contributed by atoms with Gasteiger partial charge in [-0.25, -0.2) is 0 Å². The first-order valence-corrected chi connectivity index (χ1v) is 6.67. The molecule has 0 aliphatic rings. The SMILES string of the molecule is CCC(O)CCNC(=O)c1ccc(OC)cc1Br. The maximum absolute atomic E-state index is 11.9. The number of amides is 1. The third kappa shape index (κ3) is 4.31. The fourth-order valence-electron chi connectivity index (χ4n) is 1.46. The predicted octanol–water partition coefficient (Wildman–Crippen LogP) is 2.35. The van der Waals surface area contributed by atoms with E-state index in [-0.39, 0.29) is 12.0 Å². The first kappa shape index (κ1) is 15.0. The molecule has 0 fully saturated rings. The second kappa shape index (κ2) is 7.38. The maximum atomic E-state index is 11.9. The van der Waals surface area contributed by atoms with Crippen LogP contribution in [0.15, 0.2) is 22.7 Å². The highest BCUT2D eigenvalue weighted by Gasteiger charge is 2.10. The van der Waals surface area contributed by atoms with Crippen molar-refractivity contribution >= 4 is 21.8 Å². The quantitative estimate of drug-likeness (QED) is 0.847. The summed E-state index contributed by atoms with van der Waals surface area (Å²) in [6.45, 7) is 2.37. The Kier molecular flexibility index (Phi) is 6.15. The van der Waals surface area contributed by atoms with Crippen LogP contribution in [0.1, 0.15) is 30.1 Å². The zero-order chi connectivity index (χ0) is 13.5. The number of methoxy groups -OCH3 is 1. The van der Waals surface area contributed by atoms with Crippen LogP contribution < -0.4 is 10.1 Å². The Bertz CT molecular complexity index is 409. The van der Waals surface area contributed by atoms with E-state index in [0.717, 1.165) is 0 Å². The number of halogens is 1. The summed E-state index contributed by atoms with van der Waals surface area (Å²) >= 11 is 3.33. The number of aliphatic hydroxyl groups excluding tert-OH is 1. The molecule has 2 N–H and O–H groups in total. The number of ether oxygens (including phenoxy) is 1. The largest absolute Gasteiger partial charge is 0.497 e. The van der Waals surface area contributed by atoms with Gasteiger partial charge < -0.3 is 15.2 Å². The van der Waals surface area contributed by atoms with Crippen LogP contribution in [0.2, 0.25) is 0 Å². The van der Waals surface area contributed by atoms with Crippen LogP contribution in [0.5, 0.6) is 5.75 Å². The smallest absolute Gasteiger partial charge is 0.252 e. The average Bonchev–Trinajstić information content (AvgIpc) is 2.37. The topological polar surface area (TPSA) is 58.6 Å². The molecule has 0 bridgehead atoms. The lowest BCUT2D eigenvalue weighted by Crippen LogP contribution is -2.27. The van der Waals surface area contributed by atoms with Crippen LogP contribution in [-0.4, -0.2) is 30.8 Å². The van der Waals surface area contributed by atoms with E-state index < -0.39 is 0 Å². The summed E-state index contributed by atoms with van der Waals surface area (Å²) in [6, 6.07) is 5.19. The van der Waals surface area contributed by atoms with Gasteiger partial charge in [0.25, 0.3) is 5.91 Å². The minimum absolute atomic E-state index is 0.159. The van der Waals surface area contributed by atoms with E-state index in [1.54, 1.807) is 25.3 Å². The minimum Gasteiger partial charge on any atom is -0.497 e. The summed E-state index contributed by atoms with van der Waals surface area (Å²) in [6.07, 6.45) is 0.905.